The van der Waals surface area contributed by atoms with Gasteiger partial charge < -0.3 is 15.1 Å². The van der Waals surface area contributed by atoms with Gasteiger partial charge in [0.1, 0.15) is 6.04 Å². The van der Waals surface area contributed by atoms with E-state index in [1.165, 1.54) is 0 Å². The van der Waals surface area contributed by atoms with Crippen LogP contribution in [0.5, 0.6) is 0 Å². The van der Waals surface area contributed by atoms with Crippen molar-refractivity contribution in [1.29, 1.82) is 0 Å². The minimum absolute atomic E-state index is 0.0247. The minimum atomic E-state index is -0.593. The molecule has 1 N–H and O–H groups in total. The second-order valence-electron chi connectivity index (χ2n) is 8.86. The van der Waals surface area contributed by atoms with Gasteiger partial charge in [0.25, 0.3) is 5.91 Å². The molecule has 3 amide bonds. The Kier molecular flexibility index (Phi) is 7.86. The van der Waals surface area contributed by atoms with Crippen molar-refractivity contribution in [1.82, 2.24) is 10.2 Å². The Morgan fingerprint density at radius 3 is 2.49 bits per heavy atom. The van der Waals surface area contributed by atoms with Crippen molar-refractivity contribution >= 4 is 50.1 Å². The topological polar surface area (TPSA) is 69.7 Å². The van der Waals surface area contributed by atoms with Gasteiger partial charge in [-0.25, -0.2) is 0 Å². The van der Waals surface area contributed by atoms with Crippen LogP contribution >= 0.6 is 15.9 Å². The number of amides is 3. The average molecular weight is 536 g/mol. The third-order valence-corrected chi connectivity index (χ3v) is 6.93. The molecule has 0 bridgehead atoms. The van der Waals surface area contributed by atoms with Crippen molar-refractivity contribution in [3.8, 4) is 0 Å². The lowest BCUT2D eigenvalue weighted by molar-refractivity contribution is -0.140. The molecule has 7 heteroatoms. The zero-order chi connectivity index (χ0) is 24.9. The fraction of sp³-hybridized carbons (Fsp3) is 0.321. The number of benzene rings is 3. The first-order valence-electron chi connectivity index (χ1n) is 12.1. The predicted molar refractivity (Wildman–Crippen MR) is 142 cm³/mol. The molecule has 0 unspecified atom stereocenters. The van der Waals surface area contributed by atoms with E-state index in [4.69, 9.17) is 0 Å². The molecular formula is C28H30BrN3O3. The SMILES string of the molecule is CCCNC(=O)[C@H](C)N(Cc1ccc(Br)cc1)C(=O)CCCN1C(=O)c2cccc3cccc1c23. The van der Waals surface area contributed by atoms with E-state index in [1.807, 2.05) is 67.6 Å². The van der Waals surface area contributed by atoms with E-state index in [0.29, 0.717) is 31.6 Å². The Bertz CT molecular complexity index is 1240. The van der Waals surface area contributed by atoms with Crippen LogP contribution in [0, 0.1) is 0 Å². The van der Waals surface area contributed by atoms with Crippen LogP contribution in [0.4, 0.5) is 5.69 Å². The molecule has 0 aliphatic carbocycles. The van der Waals surface area contributed by atoms with Crippen LogP contribution in [-0.4, -0.2) is 41.8 Å². The van der Waals surface area contributed by atoms with E-state index in [9.17, 15) is 14.4 Å². The highest BCUT2D eigenvalue weighted by Crippen LogP contribution is 2.37. The number of carbonyl (C=O) groups excluding carboxylic acids is 3. The summed E-state index contributed by atoms with van der Waals surface area (Å²) in [5.74, 6) is -0.285. The Balaban J connectivity index is 1.45. The van der Waals surface area contributed by atoms with Gasteiger partial charge >= 0.3 is 0 Å². The van der Waals surface area contributed by atoms with Crippen LogP contribution in [-0.2, 0) is 16.1 Å². The molecule has 0 spiro atoms. The van der Waals surface area contributed by atoms with Gasteiger partial charge in [0.2, 0.25) is 11.8 Å². The maximum atomic E-state index is 13.3. The summed E-state index contributed by atoms with van der Waals surface area (Å²) in [6.07, 6.45) is 1.59. The van der Waals surface area contributed by atoms with E-state index in [2.05, 4.69) is 21.2 Å². The highest BCUT2D eigenvalue weighted by Gasteiger charge is 2.30. The molecule has 3 aromatic rings. The average Bonchev–Trinajstić information content (AvgIpc) is 3.14. The number of nitrogens with one attached hydrogen (secondary N) is 1. The van der Waals surface area contributed by atoms with Crippen LogP contribution in [0.15, 0.2) is 65.1 Å². The first-order valence-corrected chi connectivity index (χ1v) is 12.8. The largest absolute Gasteiger partial charge is 0.354 e. The lowest BCUT2D eigenvalue weighted by atomic mass is 10.1. The number of halogens is 1. The van der Waals surface area contributed by atoms with E-state index in [0.717, 1.165) is 32.9 Å². The van der Waals surface area contributed by atoms with Crippen molar-refractivity contribution in [2.75, 3.05) is 18.0 Å². The number of nitrogens with zero attached hydrogens (tertiary/aromatic N) is 2. The Morgan fingerprint density at radius 2 is 1.77 bits per heavy atom. The van der Waals surface area contributed by atoms with Gasteiger partial charge in [0.15, 0.2) is 0 Å². The number of rotatable bonds is 10. The highest BCUT2D eigenvalue weighted by molar-refractivity contribution is 9.10. The molecule has 4 rings (SSSR count). The standard InChI is InChI=1S/C28H30BrN3O3/c1-3-16-30-27(34)19(2)32(18-20-12-14-22(29)15-13-20)25(33)11-6-17-31-24-10-5-8-21-7-4-9-23(26(21)24)28(31)35/h4-5,7-10,12-15,19H,3,6,11,16-18H2,1-2H3,(H,30,34)/t19-/m0/s1. The summed E-state index contributed by atoms with van der Waals surface area (Å²) in [7, 11) is 0. The molecule has 1 aliphatic heterocycles. The summed E-state index contributed by atoms with van der Waals surface area (Å²) in [6.45, 7) is 5.13. The van der Waals surface area contributed by atoms with Gasteiger partial charge in [0.05, 0.1) is 5.69 Å². The Labute approximate surface area is 214 Å². The van der Waals surface area contributed by atoms with Gasteiger partial charge in [-0.2, -0.15) is 0 Å². The summed E-state index contributed by atoms with van der Waals surface area (Å²) in [5.41, 5.74) is 2.56. The summed E-state index contributed by atoms with van der Waals surface area (Å²) in [6, 6.07) is 18.8. The molecule has 182 valence electrons. The third-order valence-electron chi connectivity index (χ3n) is 6.40. The normalized spacial score (nSPS) is 13.2. The second-order valence-corrected chi connectivity index (χ2v) is 9.77. The van der Waals surface area contributed by atoms with Crippen molar-refractivity contribution in [2.24, 2.45) is 0 Å². The lowest BCUT2D eigenvalue weighted by Gasteiger charge is -2.29. The molecule has 0 aromatic heterocycles. The molecule has 1 atom stereocenters. The zero-order valence-electron chi connectivity index (χ0n) is 20.1. The van der Waals surface area contributed by atoms with Crippen molar-refractivity contribution in [3.63, 3.8) is 0 Å². The fourth-order valence-corrected chi connectivity index (χ4v) is 4.76. The highest BCUT2D eigenvalue weighted by atomic mass is 79.9. The summed E-state index contributed by atoms with van der Waals surface area (Å²) >= 11 is 3.44. The van der Waals surface area contributed by atoms with Crippen LogP contribution < -0.4 is 10.2 Å². The van der Waals surface area contributed by atoms with E-state index in [1.54, 1.807) is 16.7 Å². The van der Waals surface area contributed by atoms with Gasteiger partial charge in [-0.05, 0) is 55.0 Å². The zero-order valence-corrected chi connectivity index (χ0v) is 21.7. The van der Waals surface area contributed by atoms with Crippen molar-refractivity contribution in [3.05, 3.63) is 76.3 Å². The van der Waals surface area contributed by atoms with Crippen LogP contribution in [0.3, 0.4) is 0 Å². The molecule has 1 heterocycles. The molecule has 3 aromatic carbocycles. The Hall–Kier alpha value is -3.19. The summed E-state index contributed by atoms with van der Waals surface area (Å²) < 4.78 is 0.958. The fourth-order valence-electron chi connectivity index (χ4n) is 4.50. The number of hydrogen-bond donors (Lipinski definition) is 1. The third kappa shape index (κ3) is 5.40. The minimum Gasteiger partial charge on any atom is -0.354 e. The van der Waals surface area contributed by atoms with Crippen molar-refractivity contribution < 1.29 is 14.4 Å². The maximum Gasteiger partial charge on any atom is 0.258 e. The van der Waals surface area contributed by atoms with E-state index in [-0.39, 0.29) is 24.1 Å². The van der Waals surface area contributed by atoms with Crippen LogP contribution in [0.1, 0.15) is 49.0 Å². The lowest BCUT2D eigenvalue weighted by Crippen LogP contribution is -2.47. The van der Waals surface area contributed by atoms with Gasteiger partial charge in [0, 0.05) is 41.5 Å². The predicted octanol–water partition coefficient (Wildman–Crippen LogP) is 5.29. The molecule has 6 nitrogen and oxygen atoms in total. The monoisotopic (exact) mass is 535 g/mol. The first kappa shape index (κ1) is 24.9. The van der Waals surface area contributed by atoms with E-state index < -0.39 is 6.04 Å². The first-order chi connectivity index (χ1) is 16.9. The molecule has 0 radical (unpaired) electrons. The van der Waals surface area contributed by atoms with Gasteiger partial charge in [-0.15, -0.1) is 0 Å². The molecule has 1 aliphatic rings. The van der Waals surface area contributed by atoms with Crippen LogP contribution in [0.2, 0.25) is 0 Å². The summed E-state index contributed by atoms with van der Waals surface area (Å²) in [4.78, 5) is 42.4. The van der Waals surface area contributed by atoms with Gasteiger partial charge in [-0.3, -0.25) is 14.4 Å². The summed E-state index contributed by atoms with van der Waals surface area (Å²) in [5, 5.41) is 4.91. The molecule has 0 saturated heterocycles. The quantitative estimate of drug-likeness (QED) is 0.383. The van der Waals surface area contributed by atoms with Crippen molar-refractivity contribution in [2.45, 2.75) is 45.7 Å². The number of hydrogen-bond acceptors (Lipinski definition) is 3. The van der Waals surface area contributed by atoms with Gasteiger partial charge in [-0.1, -0.05) is 59.3 Å². The molecule has 0 fully saturated rings. The number of anilines is 1. The smallest absolute Gasteiger partial charge is 0.258 e. The molecular weight excluding hydrogens is 506 g/mol. The Morgan fingerprint density at radius 1 is 1.06 bits per heavy atom. The second kappa shape index (κ2) is 11.0. The van der Waals surface area contributed by atoms with E-state index >= 15 is 0 Å². The van der Waals surface area contributed by atoms with Crippen LogP contribution in [0.25, 0.3) is 10.8 Å². The molecule has 35 heavy (non-hydrogen) atoms. The maximum absolute atomic E-state index is 13.3. The number of carbonyl (C=O) groups is 3. The molecule has 0 saturated carbocycles.